The molecular weight excluding hydrogens is 234 g/mol. The number of hydrogen-bond donors (Lipinski definition) is 0. The first-order chi connectivity index (χ1) is 8.63. The van der Waals surface area contributed by atoms with Gasteiger partial charge in [-0.15, -0.1) is 0 Å². The van der Waals surface area contributed by atoms with Crippen molar-refractivity contribution >= 4 is 0 Å². The fraction of sp³-hybridized carbons (Fsp3) is 0.200. The molecule has 92 valence electrons. The van der Waals surface area contributed by atoms with Crippen LogP contribution in [-0.4, -0.2) is 6.10 Å². The summed E-state index contributed by atoms with van der Waals surface area (Å²) in [6.07, 6.45) is 0.00780. The number of hydrogen-bond acceptors (Lipinski definition) is 1. The third-order valence-electron chi connectivity index (χ3n) is 3.42. The van der Waals surface area contributed by atoms with Crippen LogP contribution in [0.3, 0.4) is 0 Å². The summed E-state index contributed by atoms with van der Waals surface area (Å²) in [5.74, 6) is -0.553. The van der Waals surface area contributed by atoms with Gasteiger partial charge in [0, 0.05) is 0 Å². The lowest BCUT2D eigenvalue weighted by molar-refractivity contribution is 0.332. The monoisotopic (exact) mass is 246 g/mol. The van der Waals surface area contributed by atoms with Crippen molar-refractivity contribution < 1.29 is 13.5 Å². The van der Waals surface area contributed by atoms with Gasteiger partial charge in [0.15, 0.2) is 0 Å². The maximum Gasteiger partial charge on any atom is 0.144 e. The average Bonchev–Trinajstić information content (AvgIpc) is 3.04. The van der Waals surface area contributed by atoms with Gasteiger partial charge in [-0.25, -0.2) is 8.78 Å². The highest BCUT2D eigenvalue weighted by Crippen LogP contribution is 2.51. The van der Waals surface area contributed by atoms with E-state index in [4.69, 9.17) is 4.74 Å². The van der Waals surface area contributed by atoms with Gasteiger partial charge in [-0.2, -0.15) is 0 Å². The quantitative estimate of drug-likeness (QED) is 0.737. The zero-order valence-corrected chi connectivity index (χ0v) is 9.86. The van der Waals surface area contributed by atoms with E-state index in [2.05, 4.69) is 0 Å². The largest absolute Gasteiger partial charge is 0.356 e. The number of ether oxygens (including phenoxy) is 1. The fourth-order valence-electron chi connectivity index (χ4n) is 2.41. The smallest absolute Gasteiger partial charge is 0.144 e. The van der Waals surface area contributed by atoms with Crippen molar-refractivity contribution in [1.82, 2.24) is 0 Å². The Bertz CT molecular complexity index is 515. The van der Waals surface area contributed by atoms with Crippen molar-refractivity contribution in [3.63, 3.8) is 0 Å². The third-order valence-corrected chi connectivity index (χ3v) is 3.42. The second kappa shape index (κ2) is 3.89. The van der Waals surface area contributed by atoms with Gasteiger partial charge in [-0.05, 0) is 42.3 Å². The number of benzene rings is 2. The van der Waals surface area contributed by atoms with Crippen LogP contribution < -0.4 is 0 Å². The summed E-state index contributed by atoms with van der Waals surface area (Å²) < 4.78 is 31.6. The maximum atomic E-state index is 13.0. The Morgan fingerprint density at radius 3 is 1.44 bits per heavy atom. The first-order valence-corrected chi connectivity index (χ1v) is 5.83. The van der Waals surface area contributed by atoms with Gasteiger partial charge in [0.25, 0.3) is 0 Å². The minimum absolute atomic E-state index is 0.00780. The molecule has 0 saturated carbocycles. The van der Waals surface area contributed by atoms with Crippen LogP contribution in [0.2, 0.25) is 0 Å². The lowest BCUT2D eigenvalue weighted by atomic mass is 9.88. The Kier molecular flexibility index (Phi) is 2.45. The first-order valence-electron chi connectivity index (χ1n) is 5.83. The zero-order chi connectivity index (χ0) is 12.8. The van der Waals surface area contributed by atoms with Crippen molar-refractivity contribution in [3.8, 4) is 0 Å². The second-order valence-corrected chi connectivity index (χ2v) is 4.51. The van der Waals surface area contributed by atoms with E-state index >= 15 is 0 Å². The van der Waals surface area contributed by atoms with Gasteiger partial charge in [-0.3, -0.25) is 0 Å². The van der Waals surface area contributed by atoms with E-state index in [1.807, 2.05) is 6.92 Å². The van der Waals surface area contributed by atoms with E-state index < -0.39 is 5.60 Å². The molecule has 0 radical (unpaired) electrons. The summed E-state index contributed by atoms with van der Waals surface area (Å²) in [5.41, 5.74) is 1.23. The van der Waals surface area contributed by atoms with Crippen molar-refractivity contribution in [2.75, 3.05) is 0 Å². The lowest BCUT2D eigenvalue weighted by Gasteiger charge is -2.13. The molecule has 1 nitrogen and oxygen atoms in total. The predicted octanol–water partition coefficient (Wildman–Crippen LogP) is 3.63. The number of halogens is 2. The van der Waals surface area contributed by atoms with E-state index in [1.54, 1.807) is 24.3 Å². The maximum absolute atomic E-state index is 13.0. The molecular formula is C15H12F2O. The molecule has 1 heterocycles. The third kappa shape index (κ3) is 1.63. The fourth-order valence-corrected chi connectivity index (χ4v) is 2.41. The summed E-state index contributed by atoms with van der Waals surface area (Å²) in [6.45, 7) is 1.95. The van der Waals surface area contributed by atoms with Gasteiger partial charge < -0.3 is 4.74 Å². The number of epoxide rings is 1. The van der Waals surface area contributed by atoms with Crippen molar-refractivity contribution in [2.45, 2.75) is 18.6 Å². The van der Waals surface area contributed by atoms with E-state index in [-0.39, 0.29) is 17.7 Å². The highest BCUT2D eigenvalue weighted by atomic mass is 19.1. The van der Waals surface area contributed by atoms with Crippen LogP contribution in [0.5, 0.6) is 0 Å². The van der Waals surface area contributed by atoms with E-state index in [1.165, 1.54) is 24.3 Å². The predicted molar refractivity (Wildman–Crippen MR) is 64.1 cm³/mol. The highest BCUT2D eigenvalue weighted by Gasteiger charge is 2.56. The summed E-state index contributed by atoms with van der Waals surface area (Å²) in [6, 6.07) is 12.5. The molecule has 1 unspecified atom stereocenters. The highest BCUT2D eigenvalue weighted by molar-refractivity contribution is 5.42. The van der Waals surface area contributed by atoms with E-state index in [9.17, 15) is 8.78 Å². The van der Waals surface area contributed by atoms with Crippen LogP contribution in [0.15, 0.2) is 48.5 Å². The molecule has 2 aromatic rings. The molecule has 1 aliphatic rings. The van der Waals surface area contributed by atoms with Crippen LogP contribution >= 0.6 is 0 Å². The van der Waals surface area contributed by atoms with Gasteiger partial charge in [0.1, 0.15) is 17.2 Å². The van der Waals surface area contributed by atoms with Gasteiger partial charge >= 0.3 is 0 Å². The normalized spacial score (nSPS) is 20.7. The van der Waals surface area contributed by atoms with Crippen LogP contribution in [0.25, 0.3) is 0 Å². The van der Waals surface area contributed by atoms with Crippen molar-refractivity contribution in [3.05, 3.63) is 71.3 Å². The van der Waals surface area contributed by atoms with Crippen LogP contribution in [0.4, 0.5) is 8.78 Å². The van der Waals surface area contributed by atoms with Crippen molar-refractivity contribution in [2.24, 2.45) is 0 Å². The molecule has 1 saturated heterocycles. The Hall–Kier alpha value is -1.74. The first kappa shape index (κ1) is 11.4. The average molecular weight is 246 g/mol. The molecule has 18 heavy (non-hydrogen) atoms. The van der Waals surface area contributed by atoms with Crippen LogP contribution in [-0.2, 0) is 10.3 Å². The Morgan fingerprint density at radius 2 is 1.17 bits per heavy atom. The molecule has 0 bridgehead atoms. The molecule has 1 fully saturated rings. The topological polar surface area (TPSA) is 12.5 Å². The summed E-state index contributed by atoms with van der Waals surface area (Å²) in [7, 11) is 0. The van der Waals surface area contributed by atoms with Gasteiger partial charge in [0.2, 0.25) is 0 Å². The standard InChI is InChI=1S/C15H12F2O/c1-10-15(18-10,11-2-6-13(16)7-3-11)12-4-8-14(17)9-5-12/h2-10H,1H3. The number of rotatable bonds is 2. The molecule has 2 aromatic carbocycles. The lowest BCUT2D eigenvalue weighted by Crippen LogP contribution is -2.13. The Morgan fingerprint density at radius 1 is 0.833 bits per heavy atom. The molecule has 1 aliphatic heterocycles. The zero-order valence-electron chi connectivity index (χ0n) is 9.86. The Labute approximate surface area is 104 Å². The summed E-state index contributed by atoms with van der Waals surface area (Å²) in [4.78, 5) is 0. The molecule has 0 aromatic heterocycles. The van der Waals surface area contributed by atoms with E-state index in [0.29, 0.717) is 0 Å². The molecule has 3 rings (SSSR count). The Balaban J connectivity index is 2.06. The van der Waals surface area contributed by atoms with Crippen LogP contribution in [0, 0.1) is 11.6 Å². The molecule has 0 amide bonds. The molecule has 0 N–H and O–H groups in total. The summed E-state index contributed by atoms with van der Waals surface area (Å²) >= 11 is 0. The molecule has 3 heteroatoms. The van der Waals surface area contributed by atoms with Crippen LogP contribution in [0.1, 0.15) is 18.1 Å². The van der Waals surface area contributed by atoms with Gasteiger partial charge in [-0.1, -0.05) is 24.3 Å². The van der Waals surface area contributed by atoms with E-state index in [0.717, 1.165) is 11.1 Å². The minimum atomic E-state index is -0.554. The SMILES string of the molecule is CC1OC1(c1ccc(F)cc1)c1ccc(F)cc1. The molecule has 0 aliphatic carbocycles. The van der Waals surface area contributed by atoms with Crippen molar-refractivity contribution in [1.29, 1.82) is 0 Å². The molecule has 0 spiro atoms. The second-order valence-electron chi connectivity index (χ2n) is 4.51. The summed E-state index contributed by atoms with van der Waals surface area (Å²) in [5, 5.41) is 0. The van der Waals surface area contributed by atoms with Gasteiger partial charge in [0.05, 0.1) is 6.10 Å². The minimum Gasteiger partial charge on any atom is -0.356 e. The molecule has 1 atom stereocenters.